The number of rotatable bonds is 6. The first kappa shape index (κ1) is 38.7. The van der Waals surface area contributed by atoms with Crippen LogP contribution in [0.5, 0.6) is 0 Å². The third-order valence-corrected chi connectivity index (χ3v) is 10.2. The molecule has 1 amide bonds. The third kappa shape index (κ3) is 8.76. The highest BCUT2D eigenvalue weighted by atomic mass is 32.2. The van der Waals surface area contributed by atoms with Crippen LogP contribution in [0.1, 0.15) is 36.6 Å². The molecule has 1 fully saturated rings. The molecule has 1 aliphatic heterocycles. The second-order valence-corrected chi connectivity index (χ2v) is 14.8. The minimum absolute atomic E-state index is 0.0186. The number of hydrogen-bond donors (Lipinski definition) is 1. The molecule has 53 heavy (non-hydrogen) atoms. The quantitative estimate of drug-likeness (QED) is 0.172. The van der Waals surface area contributed by atoms with Crippen molar-refractivity contribution in [3.8, 4) is 28.8 Å². The minimum Gasteiger partial charge on any atom is -0.744 e. The third-order valence-electron chi connectivity index (χ3n) is 9.35. The molecule has 3 aromatic carbocycles. The molecule has 0 bridgehead atoms. The van der Waals surface area contributed by atoms with Gasteiger partial charge in [0.25, 0.3) is 0 Å². The summed E-state index contributed by atoms with van der Waals surface area (Å²) in [6.07, 6.45) is -1.29. The summed E-state index contributed by atoms with van der Waals surface area (Å²) in [5.41, 5.74) is 0.116. The molecule has 1 atom stereocenters. The number of nitrogens with zero attached hydrogens (tertiary/aromatic N) is 6. The number of imidazole rings is 1. The van der Waals surface area contributed by atoms with E-state index in [0.717, 1.165) is 51.7 Å². The lowest BCUT2D eigenvalue weighted by atomic mass is 9.89. The molecule has 6 rings (SSSR count). The zero-order chi connectivity index (χ0) is 38.7. The fraction of sp³-hybridized carbons (Fsp3) is 0.297. The van der Waals surface area contributed by atoms with Crippen molar-refractivity contribution in [1.29, 1.82) is 5.26 Å². The second kappa shape index (κ2) is 15.2. The zero-order valence-corrected chi connectivity index (χ0v) is 30.2. The van der Waals surface area contributed by atoms with E-state index in [9.17, 15) is 41.0 Å². The van der Waals surface area contributed by atoms with Gasteiger partial charge in [-0.3, -0.25) is 4.57 Å². The second-order valence-electron chi connectivity index (χ2n) is 13.4. The number of halogens is 3. The van der Waals surface area contributed by atoms with Crippen molar-refractivity contribution in [2.24, 2.45) is 5.92 Å². The molecule has 278 valence electrons. The van der Waals surface area contributed by atoms with E-state index in [4.69, 9.17) is 0 Å². The Kier molecular flexibility index (Phi) is 11.1. The van der Waals surface area contributed by atoms with Gasteiger partial charge in [-0.1, -0.05) is 24.3 Å². The smallest absolute Gasteiger partial charge is 0.416 e. The van der Waals surface area contributed by atoms with E-state index in [-0.39, 0.29) is 33.9 Å². The molecule has 1 aliphatic rings. The van der Waals surface area contributed by atoms with Gasteiger partial charge in [0.05, 0.1) is 78.2 Å². The van der Waals surface area contributed by atoms with Crippen molar-refractivity contribution in [3.05, 3.63) is 118 Å². The van der Waals surface area contributed by atoms with Gasteiger partial charge in [-0.2, -0.15) is 23.5 Å². The van der Waals surface area contributed by atoms with Crippen LogP contribution in [0.15, 0.2) is 101 Å². The first-order chi connectivity index (χ1) is 24.9. The number of amides is 1. The molecule has 0 spiro atoms. The van der Waals surface area contributed by atoms with E-state index >= 15 is 0 Å². The van der Waals surface area contributed by atoms with Crippen LogP contribution in [0.2, 0.25) is 0 Å². The number of nitriles is 1. The van der Waals surface area contributed by atoms with Crippen LogP contribution < -0.4 is 11.0 Å². The van der Waals surface area contributed by atoms with E-state index in [2.05, 4.69) is 30.6 Å². The predicted molar refractivity (Wildman–Crippen MR) is 189 cm³/mol. The normalized spacial score (nSPS) is 15.2. The lowest BCUT2D eigenvalue weighted by Crippen LogP contribution is -2.51. The molecule has 12 nitrogen and oxygen atoms in total. The van der Waals surface area contributed by atoms with Crippen molar-refractivity contribution < 1.29 is 35.4 Å². The minimum atomic E-state index is -4.62. The monoisotopic (exact) mass is 749 g/mol. The number of benzene rings is 3. The Balaban J connectivity index is 0.000000469. The van der Waals surface area contributed by atoms with Crippen LogP contribution >= 0.6 is 0 Å². The molecule has 2 aromatic heterocycles. The summed E-state index contributed by atoms with van der Waals surface area (Å²) in [6, 6.07) is 21.0. The SMILES string of the molecule is Cc1c(-c2ccnn2-c2ccc(C#N)cc2)n(C(=O)NC(C)C2CC[N+](C)(C)CC2)c(=O)n1-c1cccc(C(F)(F)F)c1.O=S(=O)([O-])c1ccccc1. The van der Waals surface area contributed by atoms with Gasteiger partial charge < -0.3 is 14.4 Å². The van der Waals surface area contributed by atoms with Crippen LogP contribution in [-0.4, -0.2) is 75.6 Å². The Morgan fingerprint density at radius 2 is 1.64 bits per heavy atom. The van der Waals surface area contributed by atoms with Crippen molar-refractivity contribution in [3.63, 3.8) is 0 Å². The fourth-order valence-corrected chi connectivity index (χ4v) is 6.83. The van der Waals surface area contributed by atoms with Crippen molar-refractivity contribution in [2.45, 2.75) is 43.8 Å². The van der Waals surface area contributed by atoms with Gasteiger partial charge in [-0.15, -0.1) is 0 Å². The first-order valence-electron chi connectivity index (χ1n) is 16.6. The maximum Gasteiger partial charge on any atom is 0.416 e. The van der Waals surface area contributed by atoms with Crippen molar-refractivity contribution >= 4 is 16.1 Å². The van der Waals surface area contributed by atoms with E-state index < -0.39 is 33.6 Å². The van der Waals surface area contributed by atoms with Gasteiger partial charge in [-0.25, -0.2) is 27.3 Å². The van der Waals surface area contributed by atoms with Crippen LogP contribution in [0.25, 0.3) is 22.8 Å². The lowest BCUT2D eigenvalue weighted by Gasteiger charge is -2.39. The molecule has 1 N–H and O–H groups in total. The first-order valence-corrected chi connectivity index (χ1v) is 18.0. The Morgan fingerprint density at radius 3 is 2.21 bits per heavy atom. The Bertz CT molecular complexity index is 2300. The molecule has 16 heteroatoms. The molecular formula is C37H38F3N7O5S. The van der Waals surface area contributed by atoms with E-state index in [1.54, 1.807) is 43.3 Å². The Hall–Kier alpha value is -5.50. The highest BCUT2D eigenvalue weighted by Gasteiger charge is 2.34. The predicted octanol–water partition coefficient (Wildman–Crippen LogP) is 5.71. The lowest BCUT2D eigenvalue weighted by molar-refractivity contribution is -0.896. The zero-order valence-electron chi connectivity index (χ0n) is 29.4. The van der Waals surface area contributed by atoms with Gasteiger partial charge in [0, 0.05) is 18.9 Å². The van der Waals surface area contributed by atoms with Gasteiger partial charge in [-0.05, 0) is 80.4 Å². The molecule has 0 aliphatic carbocycles. The average molecular weight is 750 g/mol. The molecule has 3 heterocycles. The number of alkyl halides is 3. The van der Waals surface area contributed by atoms with Gasteiger partial charge in [0.1, 0.15) is 15.8 Å². The van der Waals surface area contributed by atoms with E-state index in [0.29, 0.717) is 16.9 Å². The topological polar surface area (TPSA) is 155 Å². The number of hydrogen-bond acceptors (Lipinski definition) is 7. The number of likely N-dealkylation sites (tertiary alicyclic amines) is 1. The van der Waals surface area contributed by atoms with E-state index in [1.165, 1.54) is 47.3 Å². The van der Waals surface area contributed by atoms with Gasteiger partial charge in [0.15, 0.2) is 0 Å². The van der Waals surface area contributed by atoms with Gasteiger partial charge in [0.2, 0.25) is 0 Å². The van der Waals surface area contributed by atoms with Crippen LogP contribution in [0.3, 0.4) is 0 Å². The molecule has 0 radical (unpaired) electrons. The summed E-state index contributed by atoms with van der Waals surface area (Å²) >= 11 is 0. The highest BCUT2D eigenvalue weighted by Crippen LogP contribution is 2.32. The van der Waals surface area contributed by atoms with Gasteiger partial charge >= 0.3 is 17.9 Å². The number of quaternary nitrogens is 1. The maximum atomic E-state index is 14.0. The largest absolute Gasteiger partial charge is 0.744 e. The Morgan fingerprint density at radius 1 is 1.00 bits per heavy atom. The number of aromatic nitrogens is 4. The van der Waals surface area contributed by atoms with Crippen molar-refractivity contribution in [1.82, 2.24) is 24.2 Å². The molecule has 1 saturated heterocycles. The number of carbonyl (C=O) groups is 1. The summed E-state index contributed by atoms with van der Waals surface area (Å²) in [7, 11) is 0.0837. The maximum absolute atomic E-state index is 14.0. The molecular weight excluding hydrogens is 712 g/mol. The highest BCUT2D eigenvalue weighted by molar-refractivity contribution is 7.85. The molecule has 5 aromatic rings. The van der Waals surface area contributed by atoms with Crippen LogP contribution in [-0.2, 0) is 16.3 Å². The Labute approximate surface area is 304 Å². The average Bonchev–Trinajstić information content (AvgIpc) is 3.69. The molecule has 1 unspecified atom stereocenters. The number of nitrogens with one attached hydrogen (secondary N) is 1. The fourth-order valence-electron chi connectivity index (χ4n) is 6.34. The summed E-state index contributed by atoms with van der Waals surface area (Å²) in [5.74, 6) is 0.213. The van der Waals surface area contributed by atoms with Crippen LogP contribution in [0.4, 0.5) is 18.0 Å². The standard InChI is InChI=1S/C31H32F3N7O2.C6H6O3S/c1-20(23-13-16-41(3,4)17-14-23)37-29(42)39-28(27-12-15-36-40(27)25-10-8-22(19-35)9-11-25)21(2)38(30(39)43)26-7-5-6-24(18-26)31(32,33)34;7-10(8,9)6-4-2-1-3-5-6/h5-12,15,18,20,23H,13-14,16-17H2,1-4H3;1-5H,(H,7,8,9). The van der Waals surface area contributed by atoms with E-state index in [1.807, 2.05) is 6.92 Å². The number of carbonyl (C=O) groups excluding carboxylic acids is 1. The number of piperidine rings is 1. The molecule has 0 saturated carbocycles. The summed E-state index contributed by atoms with van der Waals surface area (Å²) in [5, 5.41) is 16.6. The summed E-state index contributed by atoms with van der Waals surface area (Å²) in [4.78, 5) is 27.7. The summed E-state index contributed by atoms with van der Waals surface area (Å²) < 4.78 is 76.1. The summed E-state index contributed by atoms with van der Waals surface area (Å²) in [6.45, 7) is 5.42. The van der Waals surface area contributed by atoms with Crippen molar-refractivity contribution in [2.75, 3.05) is 27.2 Å². The van der Waals surface area contributed by atoms with Crippen LogP contribution in [0, 0.1) is 24.2 Å².